The van der Waals surface area contributed by atoms with Crippen LogP contribution >= 0.6 is 12.6 Å². The third kappa shape index (κ3) is 4.24. The molecule has 102 valence electrons. The number of rotatable bonds is 5. The highest BCUT2D eigenvalue weighted by Gasteiger charge is 2.22. The molecule has 2 amide bonds. The lowest BCUT2D eigenvalue weighted by molar-refractivity contribution is -0.121. The molecule has 0 saturated heterocycles. The van der Waals surface area contributed by atoms with E-state index in [1.165, 1.54) is 18.2 Å². The summed E-state index contributed by atoms with van der Waals surface area (Å²) in [6, 6.07) is 4.26. The molecule has 1 aliphatic rings. The van der Waals surface area contributed by atoms with Gasteiger partial charge in [0.15, 0.2) is 0 Å². The average molecular weight is 282 g/mol. The van der Waals surface area contributed by atoms with E-state index in [9.17, 15) is 14.0 Å². The Bertz CT molecular complexity index is 503. The Labute approximate surface area is 116 Å². The number of halogens is 1. The molecule has 1 aromatic carbocycles. The summed E-state index contributed by atoms with van der Waals surface area (Å²) in [5.41, 5.74) is 0.328. The van der Waals surface area contributed by atoms with E-state index in [1.807, 2.05) is 0 Å². The van der Waals surface area contributed by atoms with Crippen LogP contribution in [0.1, 0.15) is 29.6 Å². The first-order valence-electron chi connectivity index (χ1n) is 6.12. The predicted molar refractivity (Wildman–Crippen MR) is 71.8 cm³/mol. The fourth-order valence-electron chi connectivity index (χ4n) is 1.57. The lowest BCUT2D eigenvalue weighted by Crippen LogP contribution is -2.31. The first-order chi connectivity index (χ1) is 9.06. The smallest absolute Gasteiger partial charge is 0.251 e. The maximum atomic E-state index is 13.0. The largest absolute Gasteiger partial charge is 0.353 e. The quantitative estimate of drug-likeness (QED) is 0.717. The van der Waals surface area contributed by atoms with E-state index < -0.39 is 5.82 Å². The molecule has 6 heteroatoms. The van der Waals surface area contributed by atoms with Crippen molar-refractivity contribution in [2.75, 3.05) is 6.54 Å². The third-order valence-corrected chi connectivity index (χ3v) is 3.13. The molecule has 0 aliphatic heterocycles. The lowest BCUT2D eigenvalue weighted by atomic mass is 10.2. The van der Waals surface area contributed by atoms with Crippen LogP contribution in [0.5, 0.6) is 0 Å². The molecule has 1 saturated carbocycles. The summed E-state index contributed by atoms with van der Waals surface area (Å²) in [5.74, 6) is -0.866. The van der Waals surface area contributed by atoms with Crippen LogP contribution in [0.3, 0.4) is 0 Å². The van der Waals surface area contributed by atoms with Crippen molar-refractivity contribution < 1.29 is 14.0 Å². The first-order valence-corrected chi connectivity index (χ1v) is 6.57. The van der Waals surface area contributed by atoms with Gasteiger partial charge in [-0.2, -0.15) is 0 Å². The van der Waals surface area contributed by atoms with E-state index in [0.717, 1.165) is 12.8 Å². The number of carbonyl (C=O) groups excluding carboxylic acids is 2. The molecule has 0 atom stereocenters. The molecule has 0 spiro atoms. The fourth-order valence-corrected chi connectivity index (χ4v) is 1.79. The summed E-state index contributed by atoms with van der Waals surface area (Å²) < 4.78 is 13.0. The summed E-state index contributed by atoms with van der Waals surface area (Å²) in [4.78, 5) is 23.2. The molecule has 0 bridgehead atoms. The molecule has 1 fully saturated rings. The molecule has 2 rings (SSSR count). The second-order valence-electron chi connectivity index (χ2n) is 4.51. The number of nitrogens with one attached hydrogen (secondary N) is 2. The molecule has 0 heterocycles. The van der Waals surface area contributed by atoms with Crippen molar-refractivity contribution in [2.24, 2.45) is 0 Å². The van der Waals surface area contributed by atoms with Crippen molar-refractivity contribution in [1.82, 2.24) is 10.6 Å². The van der Waals surface area contributed by atoms with E-state index in [-0.39, 0.29) is 29.7 Å². The van der Waals surface area contributed by atoms with Gasteiger partial charge in [0.25, 0.3) is 5.91 Å². The second-order valence-corrected chi connectivity index (χ2v) is 5.00. The van der Waals surface area contributed by atoms with Crippen LogP contribution in [0.4, 0.5) is 4.39 Å². The Morgan fingerprint density at radius 3 is 2.74 bits per heavy atom. The van der Waals surface area contributed by atoms with Gasteiger partial charge in [0.1, 0.15) is 5.82 Å². The van der Waals surface area contributed by atoms with Crippen molar-refractivity contribution in [3.05, 3.63) is 29.6 Å². The predicted octanol–water partition coefficient (Wildman–Crippen LogP) is 1.51. The van der Waals surface area contributed by atoms with E-state index >= 15 is 0 Å². The number of hydrogen-bond acceptors (Lipinski definition) is 3. The average Bonchev–Trinajstić information content (AvgIpc) is 3.16. The van der Waals surface area contributed by atoms with Crippen molar-refractivity contribution in [3.63, 3.8) is 0 Å². The maximum Gasteiger partial charge on any atom is 0.251 e. The van der Waals surface area contributed by atoms with Gasteiger partial charge in [-0.15, -0.1) is 12.6 Å². The van der Waals surface area contributed by atoms with Gasteiger partial charge < -0.3 is 10.6 Å². The maximum absolute atomic E-state index is 13.0. The fraction of sp³-hybridized carbons (Fsp3) is 0.385. The summed E-state index contributed by atoms with van der Waals surface area (Å²) in [5, 5.41) is 5.45. The van der Waals surface area contributed by atoms with Crippen molar-refractivity contribution in [3.8, 4) is 0 Å². The van der Waals surface area contributed by atoms with Gasteiger partial charge in [-0.05, 0) is 31.0 Å². The SMILES string of the molecule is O=C(CCNC(=O)c1ccc(F)c(S)c1)NC1CC1. The van der Waals surface area contributed by atoms with Crippen LogP contribution in [0.15, 0.2) is 23.1 Å². The van der Waals surface area contributed by atoms with Crippen LogP contribution < -0.4 is 10.6 Å². The highest BCUT2D eigenvalue weighted by molar-refractivity contribution is 7.80. The lowest BCUT2D eigenvalue weighted by Gasteiger charge is -2.06. The Morgan fingerprint density at radius 1 is 1.37 bits per heavy atom. The number of hydrogen-bond donors (Lipinski definition) is 3. The zero-order valence-corrected chi connectivity index (χ0v) is 11.2. The minimum atomic E-state index is -0.469. The Balaban J connectivity index is 1.76. The number of benzene rings is 1. The first kappa shape index (κ1) is 13.9. The van der Waals surface area contributed by atoms with Crippen molar-refractivity contribution in [2.45, 2.75) is 30.2 Å². The highest BCUT2D eigenvalue weighted by Crippen LogP contribution is 2.18. The number of carbonyl (C=O) groups is 2. The molecular weight excluding hydrogens is 267 g/mol. The van der Waals surface area contributed by atoms with E-state index in [0.29, 0.717) is 11.6 Å². The van der Waals surface area contributed by atoms with Crippen LogP contribution in [-0.4, -0.2) is 24.4 Å². The standard InChI is InChI=1S/C13H15FN2O2S/c14-10-4-1-8(7-11(10)19)13(18)15-6-5-12(17)16-9-2-3-9/h1,4,7,9,19H,2-3,5-6H2,(H,15,18)(H,16,17). The van der Waals surface area contributed by atoms with Gasteiger partial charge >= 0.3 is 0 Å². The minimum Gasteiger partial charge on any atom is -0.353 e. The zero-order chi connectivity index (χ0) is 13.8. The molecule has 19 heavy (non-hydrogen) atoms. The molecule has 0 unspecified atom stereocenters. The van der Waals surface area contributed by atoms with Crippen molar-refractivity contribution >= 4 is 24.4 Å². The Kier molecular flexibility index (Phi) is 4.42. The summed E-state index contributed by atoms with van der Waals surface area (Å²) >= 11 is 3.91. The topological polar surface area (TPSA) is 58.2 Å². The van der Waals surface area contributed by atoms with Gasteiger partial charge in [-0.3, -0.25) is 9.59 Å². The Hall–Kier alpha value is -1.56. The third-order valence-electron chi connectivity index (χ3n) is 2.79. The van der Waals surface area contributed by atoms with Crippen LogP contribution in [-0.2, 0) is 4.79 Å². The summed E-state index contributed by atoms with van der Waals surface area (Å²) in [6.45, 7) is 0.261. The van der Waals surface area contributed by atoms with Crippen LogP contribution in [0.25, 0.3) is 0 Å². The molecule has 4 nitrogen and oxygen atoms in total. The molecular formula is C13H15FN2O2S. The summed E-state index contributed by atoms with van der Waals surface area (Å²) in [7, 11) is 0. The number of thiol groups is 1. The van der Waals surface area contributed by atoms with E-state index in [4.69, 9.17) is 0 Å². The van der Waals surface area contributed by atoms with Crippen LogP contribution in [0.2, 0.25) is 0 Å². The van der Waals surface area contributed by atoms with Gasteiger partial charge in [-0.25, -0.2) is 4.39 Å². The zero-order valence-electron chi connectivity index (χ0n) is 10.3. The molecule has 2 N–H and O–H groups in total. The summed E-state index contributed by atoms with van der Waals surface area (Å²) in [6.07, 6.45) is 2.33. The van der Waals surface area contributed by atoms with E-state index in [1.54, 1.807) is 0 Å². The highest BCUT2D eigenvalue weighted by atomic mass is 32.1. The monoisotopic (exact) mass is 282 g/mol. The van der Waals surface area contributed by atoms with Gasteiger partial charge in [0, 0.05) is 29.5 Å². The Morgan fingerprint density at radius 2 is 2.11 bits per heavy atom. The van der Waals surface area contributed by atoms with Gasteiger partial charge in [0.2, 0.25) is 5.91 Å². The van der Waals surface area contributed by atoms with Gasteiger partial charge in [0.05, 0.1) is 0 Å². The normalized spacial score (nSPS) is 14.0. The molecule has 0 aromatic heterocycles. The minimum absolute atomic E-state index is 0.0585. The van der Waals surface area contributed by atoms with E-state index in [2.05, 4.69) is 23.3 Å². The number of amides is 2. The molecule has 1 aliphatic carbocycles. The molecule has 0 radical (unpaired) electrons. The van der Waals surface area contributed by atoms with Gasteiger partial charge in [-0.1, -0.05) is 0 Å². The second kappa shape index (κ2) is 6.06. The van der Waals surface area contributed by atoms with Crippen molar-refractivity contribution in [1.29, 1.82) is 0 Å². The van der Waals surface area contributed by atoms with Crippen LogP contribution in [0, 0.1) is 5.82 Å². The molecule has 1 aromatic rings.